The van der Waals surface area contributed by atoms with Crippen LogP contribution in [-0.4, -0.2) is 63.1 Å². The van der Waals surface area contributed by atoms with E-state index in [9.17, 15) is 29.4 Å². The molecule has 0 radical (unpaired) electrons. The summed E-state index contributed by atoms with van der Waals surface area (Å²) in [6, 6.07) is 9.39. The second-order valence-corrected chi connectivity index (χ2v) is 10.4. The molecule has 11 nitrogen and oxygen atoms in total. The average molecular weight is 552 g/mol. The Balaban J connectivity index is 1.68. The van der Waals surface area contributed by atoms with E-state index in [4.69, 9.17) is 5.73 Å². The van der Waals surface area contributed by atoms with Crippen LogP contribution in [0.2, 0.25) is 0 Å². The number of hydrogen-bond donors (Lipinski definition) is 7. The fraction of sp³-hybridized carbons (Fsp3) is 0.379. The summed E-state index contributed by atoms with van der Waals surface area (Å²) in [4.78, 5) is 53.9. The lowest BCUT2D eigenvalue weighted by atomic mass is 10.0. The molecular formula is C29H37N5O6. The van der Waals surface area contributed by atoms with Crippen molar-refractivity contribution >= 4 is 34.6 Å². The molecular weight excluding hydrogens is 514 g/mol. The van der Waals surface area contributed by atoms with Crippen molar-refractivity contribution in [1.29, 1.82) is 0 Å². The number of nitrogens with two attached hydrogens (primary N) is 1. The van der Waals surface area contributed by atoms with Gasteiger partial charge in [0.1, 0.15) is 23.9 Å². The first-order valence-electron chi connectivity index (χ1n) is 13.2. The predicted molar refractivity (Wildman–Crippen MR) is 150 cm³/mol. The largest absolute Gasteiger partial charge is 0.508 e. The van der Waals surface area contributed by atoms with Crippen LogP contribution in [0.15, 0.2) is 54.7 Å². The van der Waals surface area contributed by atoms with Crippen LogP contribution in [0.3, 0.4) is 0 Å². The molecule has 214 valence electrons. The quantitative estimate of drug-likeness (QED) is 0.168. The van der Waals surface area contributed by atoms with Crippen molar-refractivity contribution in [2.45, 2.75) is 64.2 Å². The Kier molecular flexibility index (Phi) is 10.3. The molecule has 4 unspecified atom stereocenters. The molecule has 0 spiro atoms. The van der Waals surface area contributed by atoms with E-state index in [-0.39, 0.29) is 24.5 Å². The van der Waals surface area contributed by atoms with Crippen LogP contribution in [0.1, 0.15) is 38.3 Å². The molecule has 2 aromatic carbocycles. The molecule has 1 heterocycles. The first-order chi connectivity index (χ1) is 18.9. The summed E-state index contributed by atoms with van der Waals surface area (Å²) >= 11 is 0. The number of aromatic hydroxyl groups is 1. The van der Waals surface area contributed by atoms with Gasteiger partial charge >= 0.3 is 5.97 Å². The minimum Gasteiger partial charge on any atom is -0.508 e. The van der Waals surface area contributed by atoms with Crippen LogP contribution in [0.25, 0.3) is 10.9 Å². The van der Waals surface area contributed by atoms with Gasteiger partial charge in [-0.2, -0.15) is 0 Å². The summed E-state index contributed by atoms with van der Waals surface area (Å²) in [5.74, 6) is -2.82. The van der Waals surface area contributed by atoms with Gasteiger partial charge in [-0.25, -0.2) is 4.79 Å². The van der Waals surface area contributed by atoms with Crippen molar-refractivity contribution in [2.24, 2.45) is 11.7 Å². The molecule has 8 N–H and O–H groups in total. The van der Waals surface area contributed by atoms with Crippen molar-refractivity contribution < 1.29 is 29.4 Å². The molecule has 0 saturated carbocycles. The number of hydrogen-bond acceptors (Lipinski definition) is 6. The molecule has 3 aromatic rings. The highest BCUT2D eigenvalue weighted by molar-refractivity contribution is 5.94. The second-order valence-electron chi connectivity index (χ2n) is 10.4. The number of fused-ring (bicyclic) bond motifs is 1. The first-order valence-corrected chi connectivity index (χ1v) is 13.2. The molecule has 0 bridgehead atoms. The fourth-order valence-electron chi connectivity index (χ4n) is 4.37. The minimum atomic E-state index is -1.23. The van der Waals surface area contributed by atoms with Gasteiger partial charge in [0, 0.05) is 29.9 Å². The third-order valence-electron chi connectivity index (χ3n) is 6.54. The van der Waals surface area contributed by atoms with E-state index in [0.717, 1.165) is 16.5 Å². The van der Waals surface area contributed by atoms with E-state index in [1.54, 1.807) is 18.3 Å². The lowest BCUT2D eigenvalue weighted by Gasteiger charge is -2.24. The third-order valence-corrected chi connectivity index (χ3v) is 6.54. The van der Waals surface area contributed by atoms with Crippen molar-refractivity contribution in [1.82, 2.24) is 20.9 Å². The van der Waals surface area contributed by atoms with E-state index in [1.807, 2.05) is 38.1 Å². The van der Waals surface area contributed by atoms with E-state index >= 15 is 0 Å². The fourth-order valence-corrected chi connectivity index (χ4v) is 4.37. The Morgan fingerprint density at radius 1 is 0.850 bits per heavy atom. The van der Waals surface area contributed by atoms with Crippen LogP contribution in [-0.2, 0) is 32.0 Å². The summed E-state index contributed by atoms with van der Waals surface area (Å²) < 4.78 is 0. The number of rotatable bonds is 13. The molecule has 3 rings (SSSR count). The maximum atomic E-state index is 13.2. The normalized spacial score (nSPS) is 14.2. The SMILES string of the molecule is CC(C)CC(N)C(=O)NC(Cc1ccc(O)cc1)C(=O)NC(C)C(=O)NC(Cc1c[nH]c2ccccc12)C(=O)O. The number of phenols is 1. The van der Waals surface area contributed by atoms with E-state index in [1.165, 1.54) is 19.1 Å². The molecule has 11 heteroatoms. The maximum absolute atomic E-state index is 13.2. The van der Waals surface area contributed by atoms with Crippen molar-refractivity contribution in [3.63, 3.8) is 0 Å². The topological polar surface area (TPSA) is 187 Å². The number of aromatic amines is 1. The van der Waals surface area contributed by atoms with E-state index < -0.39 is 47.9 Å². The Bertz CT molecular complexity index is 1340. The zero-order chi connectivity index (χ0) is 29.4. The number of aliphatic carboxylic acids is 1. The van der Waals surface area contributed by atoms with Gasteiger partial charge in [-0.05, 0) is 48.6 Å². The Morgan fingerprint density at radius 2 is 1.50 bits per heavy atom. The molecule has 0 aliphatic heterocycles. The Morgan fingerprint density at radius 3 is 2.15 bits per heavy atom. The van der Waals surface area contributed by atoms with Crippen LogP contribution in [0, 0.1) is 5.92 Å². The standard InChI is InChI=1S/C29H37N5O6/c1-16(2)12-22(30)27(37)33-24(13-18-8-10-20(35)11-9-18)28(38)32-17(3)26(36)34-25(29(39)40)14-19-15-31-23-7-5-4-6-21(19)23/h4-11,15-17,22,24-25,31,35H,12-14,30H2,1-3H3,(H,32,38)(H,33,37)(H,34,36)(H,39,40). The van der Waals surface area contributed by atoms with E-state index in [2.05, 4.69) is 20.9 Å². The third kappa shape index (κ3) is 8.31. The van der Waals surface area contributed by atoms with Crippen LogP contribution in [0.5, 0.6) is 5.75 Å². The van der Waals surface area contributed by atoms with Gasteiger partial charge in [0.25, 0.3) is 0 Å². The van der Waals surface area contributed by atoms with Gasteiger partial charge in [0.2, 0.25) is 17.7 Å². The first kappa shape index (κ1) is 30.2. The highest BCUT2D eigenvalue weighted by Gasteiger charge is 2.29. The van der Waals surface area contributed by atoms with E-state index in [0.29, 0.717) is 12.0 Å². The highest BCUT2D eigenvalue weighted by Crippen LogP contribution is 2.19. The smallest absolute Gasteiger partial charge is 0.326 e. The summed E-state index contributed by atoms with van der Waals surface area (Å²) in [5, 5.41) is 27.9. The van der Waals surface area contributed by atoms with Gasteiger partial charge in [0.15, 0.2) is 0 Å². The van der Waals surface area contributed by atoms with Gasteiger partial charge < -0.3 is 36.9 Å². The number of aromatic nitrogens is 1. The second kappa shape index (κ2) is 13.6. The number of carboxylic acids is 1. The monoisotopic (exact) mass is 551 g/mol. The van der Waals surface area contributed by atoms with Gasteiger partial charge in [-0.1, -0.05) is 44.2 Å². The molecule has 0 fully saturated rings. The molecule has 0 aliphatic carbocycles. The number of para-hydroxylation sites is 1. The zero-order valence-electron chi connectivity index (χ0n) is 22.8. The van der Waals surface area contributed by atoms with Gasteiger partial charge in [-0.3, -0.25) is 14.4 Å². The lowest BCUT2D eigenvalue weighted by molar-refractivity contribution is -0.142. The average Bonchev–Trinajstić information content (AvgIpc) is 3.31. The molecule has 3 amide bonds. The highest BCUT2D eigenvalue weighted by atomic mass is 16.4. The van der Waals surface area contributed by atoms with Crippen molar-refractivity contribution in [3.05, 3.63) is 65.9 Å². The van der Waals surface area contributed by atoms with Crippen LogP contribution >= 0.6 is 0 Å². The maximum Gasteiger partial charge on any atom is 0.326 e. The van der Waals surface area contributed by atoms with Crippen LogP contribution in [0.4, 0.5) is 0 Å². The number of carbonyl (C=O) groups excluding carboxylic acids is 3. The number of nitrogens with one attached hydrogen (secondary N) is 4. The summed E-state index contributed by atoms with van der Waals surface area (Å²) in [6.07, 6.45) is 2.25. The molecule has 1 aromatic heterocycles. The molecule has 0 aliphatic rings. The zero-order valence-corrected chi connectivity index (χ0v) is 22.8. The Hall–Kier alpha value is -4.38. The Labute approximate surface area is 232 Å². The predicted octanol–water partition coefficient (Wildman–Crippen LogP) is 1.59. The van der Waals surface area contributed by atoms with Crippen LogP contribution < -0.4 is 21.7 Å². The number of carboxylic acid groups (broad SMARTS) is 1. The van der Waals surface area contributed by atoms with Crippen molar-refractivity contribution in [3.8, 4) is 5.75 Å². The summed E-state index contributed by atoms with van der Waals surface area (Å²) in [6.45, 7) is 5.29. The minimum absolute atomic E-state index is 0.0407. The van der Waals surface area contributed by atoms with Crippen molar-refractivity contribution in [2.75, 3.05) is 0 Å². The summed E-state index contributed by atoms with van der Waals surface area (Å²) in [7, 11) is 0. The van der Waals surface area contributed by atoms with Gasteiger partial charge in [-0.15, -0.1) is 0 Å². The number of amides is 3. The molecule has 4 atom stereocenters. The number of H-pyrrole nitrogens is 1. The molecule has 0 saturated heterocycles. The summed E-state index contributed by atoms with van der Waals surface area (Å²) in [5.41, 5.74) is 8.25. The number of carbonyl (C=O) groups is 4. The molecule has 40 heavy (non-hydrogen) atoms. The van der Waals surface area contributed by atoms with Gasteiger partial charge in [0.05, 0.1) is 6.04 Å². The number of phenolic OH excluding ortho intramolecular Hbond substituents is 1. The number of benzene rings is 2. The lowest BCUT2D eigenvalue weighted by Crippen LogP contribution is -2.57.